The predicted molar refractivity (Wildman–Crippen MR) is 95.5 cm³/mol. The molecule has 0 saturated heterocycles. The first kappa shape index (κ1) is 22.3. The SMILES string of the molecule is C#CCOC(=O)NC(C(=O)OCCCCCCCCC)C(C)CC. The van der Waals surface area contributed by atoms with Crippen LogP contribution in [0.25, 0.3) is 0 Å². The summed E-state index contributed by atoms with van der Waals surface area (Å²) in [5.41, 5.74) is 0. The van der Waals surface area contributed by atoms with Crippen molar-refractivity contribution in [2.24, 2.45) is 5.92 Å². The van der Waals surface area contributed by atoms with Gasteiger partial charge in [0, 0.05) is 0 Å². The van der Waals surface area contributed by atoms with Crippen LogP contribution in [0.1, 0.15) is 72.1 Å². The normalized spacial score (nSPS) is 12.8. The molecule has 1 amide bonds. The van der Waals surface area contributed by atoms with Gasteiger partial charge in [0.1, 0.15) is 6.04 Å². The average Bonchev–Trinajstić information content (AvgIpc) is 2.59. The molecule has 1 N–H and O–H groups in total. The summed E-state index contributed by atoms with van der Waals surface area (Å²) in [6.07, 6.45) is 13.2. The third kappa shape index (κ3) is 10.9. The van der Waals surface area contributed by atoms with E-state index in [0.29, 0.717) is 6.61 Å². The Hall–Kier alpha value is -1.70. The number of carbonyl (C=O) groups is 2. The Morgan fingerprint density at radius 2 is 1.67 bits per heavy atom. The van der Waals surface area contributed by atoms with Gasteiger partial charge in [-0.25, -0.2) is 9.59 Å². The zero-order valence-electron chi connectivity index (χ0n) is 15.4. The van der Waals surface area contributed by atoms with Gasteiger partial charge in [0.2, 0.25) is 0 Å². The molecule has 138 valence electrons. The molecule has 24 heavy (non-hydrogen) atoms. The maximum atomic E-state index is 12.2. The fraction of sp³-hybridized carbons (Fsp3) is 0.789. The molecule has 0 aliphatic carbocycles. The first-order valence-electron chi connectivity index (χ1n) is 9.10. The van der Waals surface area contributed by atoms with Crippen LogP contribution in [0.5, 0.6) is 0 Å². The van der Waals surface area contributed by atoms with Crippen LogP contribution in [0.15, 0.2) is 0 Å². The predicted octanol–water partition coefficient (Wildman–Crippen LogP) is 4.05. The summed E-state index contributed by atoms with van der Waals surface area (Å²) in [7, 11) is 0. The quantitative estimate of drug-likeness (QED) is 0.312. The number of alkyl carbamates (subject to hydrolysis) is 1. The van der Waals surface area contributed by atoms with Gasteiger partial charge in [0.25, 0.3) is 0 Å². The molecule has 0 saturated carbocycles. The van der Waals surface area contributed by atoms with E-state index in [1.54, 1.807) is 0 Å². The van der Waals surface area contributed by atoms with Crippen molar-refractivity contribution in [3.63, 3.8) is 0 Å². The number of nitrogens with one attached hydrogen (secondary N) is 1. The molecule has 0 spiro atoms. The lowest BCUT2D eigenvalue weighted by atomic mass is 9.99. The Labute approximate surface area is 146 Å². The Bertz CT molecular complexity index is 389. The van der Waals surface area contributed by atoms with E-state index in [-0.39, 0.29) is 12.5 Å². The van der Waals surface area contributed by atoms with E-state index in [0.717, 1.165) is 19.3 Å². The first-order chi connectivity index (χ1) is 11.6. The topological polar surface area (TPSA) is 64.6 Å². The Morgan fingerprint density at radius 1 is 1.04 bits per heavy atom. The number of hydrogen-bond acceptors (Lipinski definition) is 4. The highest BCUT2D eigenvalue weighted by Crippen LogP contribution is 2.11. The van der Waals surface area contributed by atoms with Crippen molar-refractivity contribution >= 4 is 12.1 Å². The van der Waals surface area contributed by atoms with Gasteiger partial charge in [-0.2, -0.15) is 0 Å². The van der Waals surface area contributed by atoms with Gasteiger partial charge in [0.05, 0.1) is 6.61 Å². The summed E-state index contributed by atoms with van der Waals surface area (Å²) in [5.74, 6) is 1.77. The summed E-state index contributed by atoms with van der Waals surface area (Å²) in [4.78, 5) is 23.8. The van der Waals surface area contributed by atoms with Crippen molar-refractivity contribution in [1.29, 1.82) is 0 Å². The number of unbranched alkanes of at least 4 members (excludes halogenated alkanes) is 6. The highest BCUT2D eigenvalue weighted by molar-refractivity contribution is 5.81. The van der Waals surface area contributed by atoms with Gasteiger partial charge in [-0.15, -0.1) is 6.42 Å². The minimum absolute atomic E-state index is 0.0371. The molecule has 0 fully saturated rings. The van der Waals surface area contributed by atoms with Crippen molar-refractivity contribution < 1.29 is 19.1 Å². The molecule has 0 aliphatic heterocycles. The van der Waals surface area contributed by atoms with Crippen LogP contribution in [-0.4, -0.2) is 31.3 Å². The van der Waals surface area contributed by atoms with Crippen LogP contribution in [0.3, 0.4) is 0 Å². The third-order valence-corrected chi connectivity index (χ3v) is 4.02. The van der Waals surface area contributed by atoms with E-state index in [1.165, 1.54) is 32.1 Å². The number of rotatable bonds is 13. The fourth-order valence-electron chi connectivity index (χ4n) is 2.27. The van der Waals surface area contributed by atoms with Crippen LogP contribution in [0, 0.1) is 18.3 Å². The monoisotopic (exact) mass is 339 g/mol. The summed E-state index contributed by atoms with van der Waals surface area (Å²) < 4.78 is 10.1. The number of amides is 1. The molecule has 2 unspecified atom stereocenters. The molecule has 0 bridgehead atoms. The molecular weight excluding hydrogens is 306 g/mol. The zero-order chi connectivity index (χ0) is 18.2. The minimum atomic E-state index is -0.704. The zero-order valence-corrected chi connectivity index (χ0v) is 15.4. The molecule has 5 heteroatoms. The highest BCUT2D eigenvalue weighted by atomic mass is 16.6. The van der Waals surface area contributed by atoms with E-state index in [2.05, 4.69) is 18.2 Å². The summed E-state index contributed by atoms with van der Waals surface area (Å²) in [6, 6.07) is -0.704. The second kappa shape index (κ2) is 14.9. The maximum absolute atomic E-state index is 12.2. The Kier molecular flexibility index (Phi) is 13.8. The molecule has 0 radical (unpaired) electrons. The van der Waals surface area contributed by atoms with Crippen LogP contribution < -0.4 is 5.32 Å². The fourth-order valence-corrected chi connectivity index (χ4v) is 2.27. The number of esters is 1. The Morgan fingerprint density at radius 3 is 2.25 bits per heavy atom. The molecule has 0 aromatic heterocycles. The largest absolute Gasteiger partial charge is 0.464 e. The lowest BCUT2D eigenvalue weighted by Gasteiger charge is -2.22. The van der Waals surface area contributed by atoms with E-state index < -0.39 is 18.1 Å². The highest BCUT2D eigenvalue weighted by Gasteiger charge is 2.27. The van der Waals surface area contributed by atoms with Gasteiger partial charge < -0.3 is 14.8 Å². The van der Waals surface area contributed by atoms with E-state index in [4.69, 9.17) is 15.9 Å². The Balaban J connectivity index is 4.09. The summed E-state index contributed by atoms with van der Waals surface area (Å²) in [6.45, 7) is 6.31. The second-order valence-corrected chi connectivity index (χ2v) is 6.08. The first-order valence-corrected chi connectivity index (χ1v) is 9.10. The molecule has 0 heterocycles. The van der Waals surface area contributed by atoms with Gasteiger partial charge in [0.15, 0.2) is 6.61 Å². The van der Waals surface area contributed by atoms with Crippen molar-refractivity contribution in [2.75, 3.05) is 13.2 Å². The molecule has 5 nitrogen and oxygen atoms in total. The van der Waals surface area contributed by atoms with E-state index >= 15 is 0 Å². The van der Waals surface area contributed by atoms with Crippen LogP contribution in [-0.2, 0) is 14.3 Å². The maximum Gasteiger partial charge on any atom is 0.408 e. The van der Waals surface area contributed by atoms with Crippen molar-refractivity contribution in [2.45, 2.75) is 78.2 Å². The third-order valence-electron chi connectivity index (χ3n) is 4.02. The summed E-state index contributed by atoms with van der Waals surface area (Å²) >= 11 is 0. The standard InChI is InChI=1S/C19H33NO4/c1-5-8-9-10-11-12-13-15-23-18(21)17(16(4)7-3)20-19(22)24-14-6-2/h2,16-17H,5,7-15H2,1,3-4H3,(H,20,22). The average molecular weight is 339 g/mol. The number of carbonyl (C=O) groups excluding carboxylic acids is 2. The van der Waals surface area contributed by atoms with Crippen molar-refractivity contribution in [3.05, 3.63) is 0 Å². The van der Waals surface area contributed by atoms with Gasteiger partial charge >= 0.3 is 12.1 Å². The van der Waals surface area contributed by atoms with Crippen molar-refractivity contribution in [1.82, 2.24) is 5.32 Å². The second-order valence-electron chi connectivity index (χ2n) is 6.08. The molecule has 0 rings (SSSR count). The number of ether oxygens (including phenoxy) is 2. The lowest BCUT2D eigenvalue weighted by molar-refractivity contribution is -0.147. The van der Waals surface area contributed by atoms with Gasteiger partial charge in [-0.1, -0.05) is 71.6 Å². The van der Waals surface area contributed by atoms with Crippen molar-refractivity contribution in [3.8, 4) is 12.3 Å². The smallest absolute Gasteiger partial charge is 0.408 e. The number of hydrogen-bond donors (Lipinski definition) is 1. The molecule has 0 aromatic rings. The number of terminal acetylenes is 1. The van der Waals surface area contributed by atoms with Gasteiger partial charge in [-0.05, 0) is 12.3 Å². The van der Waals surface area contributed by atoms with Crippen LogP contribution >= 0.6 is 0 Å². The van der Waals surface area contributed by atoms with E-state index in [1.807, 2.05) is 13.8 Å². The van der Waals surface area contributed by atoms with Gasteiger partial charge in [-0.3, -0.25) is 0 Å². The van der Waals surface area contributed by atoms with Crippen LogP contribution in [0.4, 0.5) is 4.79 Å². The summed E-state index contributed by atoms with van der Waals surface area (Å²) in [5, 5.41) is 2.55. The molecule has 0 aliphatic rings. The molecule has 0 aromatic carbocycles. The van der Waals surface area contributed by atoms with Crippen LogP contribution in [0.2, 0.25) is 0 Å². The lowest BCUT2D eigenvalue weighted by Crippen LogP contribution is -2.46. The minimum Gasteiger partial charge on any atom is -0.464 e. The molecular formula is C19H33NO4. The molecule has 2 atom stereocenters. The van der Waals surface area contributed by atoms with E-state index in [9.17, 15) is 9.59 Å².